The van der Waals surface area contributed by atoms with Gasteiger partial charge in [0.1, 0.15) is 0 Å². The van der Waals surface area contributed by atoms with E-state index in [1.54, 1.807) is 20.3 Å². The van der Waals surface area contributed by atoms with Crippen molar-refractivity contribution in [3.8, 4) is 22.9 Å². The van der Waals surface area contributed by atoms with Gasteiger partial charge in [-0.05, 0) is 31.2 Å². The standard InChI is InChI=1S/C22H22F3N3O3/c1-29-18-8-4-6-15(19(18)30-2)12-28-10-9-16(13-28)21-26-20(27-31-21)14-5-3-7-17(11-14)22(23,24)25/h3-8,11,16H,9-10,12-13H2,1-2H3/t16-/m1/s1. The SMILES string of the molecule is COc1cccc(CN2CC[C@@H](c3nc(-c4cccc(C(F)(F)F)c4)no3)C2)c1OC. The molecule has 9 heteroatoms. The molecule has 0 saturated carbocycles. The number of rotatable bonds is 6. The van der Waals surface area contributed by atoms with Gasteiger partial charge >= 0.3 is 6.18 Å². The quantitative estimate of drug-likeness (QED) is 0.559. The summed E-state index contributed by atoms with van der Waals surface area (Å²) in [6, 6.07) is 10.7. The second-order valence-electron chi connectivity index (χ2n) is 7.41. The van der Waals surface area contributed by atoms with Crippen LogP contribution in [0.25, 0.3) is 11.4 Å². The van der Waals surface area contributed by atoms with Crippen LogP contribution < -0.4 is 9.47 Å². The van der Waals surface area contributed by atoms with Gasteiger partial charge in [-0.1, -0.05) is 29.4 Å². The number of nitrogens with zero attached hydrogens (tertiary/aromatic N) is 3. The van der Waals surface area contributed by atoms with Crippen LogP contribution in [0.4, 0.5) is 13.2 Å². The Labute approximate surface area is 177 Å². The molecule has 1 atom stereocenters. The summed E-state index contributed by atoms with van der Waals surface area (Å²) in [6.45, 7) is 2.20. The summed E-state index contributed by atoms with van der Waals surface area (Å²) in [4.78, 5) is 6.62. The maximum Gasteiger partial charge on any atom is 0.416 e. The molecule has 1 fully saturated rings. The zero-order valence-electron chi connectivity index (χ0n) is 17.1. The third-order valence-electron chi connectivity index (χ3n) is 5.39. The Kier molecular flexibility index (Phi) is 5.86. The van der Waals surface area contributed by atoms with Crippen molar-refractivity contribution in [2.75, 3.05) is 27.3 Å². The number of halogens is 3. The van der Waals surface area contributed by atoms with Crippen LogP contribution in [0.5, 0.6) is 11.5 Å². The lowest BCUT2D eigenvalue weighted by Crippen LogP contribution is -2.20. The highest BCUT2D eigenvalue weighted by Gasteiger charge is 2.32. The molecule has 1 aliphatic rings. The van der Waals surface area contributed by atoms with Gasteiger partial charge in [0.15, 0.2) is 11.5 Å². The molecule has 0 unspecified atom stereocenters. The third kappa shape index (κ3) is 4.51. The van der Waals surface area contributed by atoms with E-state index in [1.165, 1.54) is 6.07 Å². The van der Waals surface area contributed by atoms with E-state index in [9.17, 15) is 13.2 Å². The van der Waals surface area contributed by atoms with E-state index < -0.39 is 11.7 Å². The summed E-state index contributed by atoms with van der Waals surface area (Å²) in [6.07, 6.45) is -3.60. The molecule has 2 aromatic carbocycles. The third-order valence-corrected chi connectivity index (χ3v) is 5.39. The molecule has 4 rings (SSSR count). The van der Waals surface area contributed by atoms with Crippen molar-refractivity contribution in [1.29, 1.82) is 0 Å². The van der Waals surface area contributed by atoms with Gasteiger partial charge in [0, 0.05) is 24.2 Å². The summed E-state index contributed by atoms with van der Waals surface area (Å²) < 4.78 is 55.2. The molecule has 0 amide bonds. The summed E-state index contributed by atoms with van der Waals surface area (Å²) in [7, 11) is 3.22. The predicted octanol–water partition coefficient (Wildman–Crippen LogP) is 4.76. The first-order chi connectivity index (χ1) is 14.9. The summed E-state index contributed by atoms with van der Waals surface area (Å²) >= 11 is 0. The van der Waals surface area contributed by atoms with Gasteiger partial charge in [-0.2, -0.15) is 18.2 Å². The fourth-order valence-corrected chi connectivity index (χ4v) is 3.85. The number of methoxy groups -OCH3 is 2. The Morgan fingerprint density at radius 3 is 2.68 bits per heavy atom. The van der Waals surface area contributed by atoms with E-state index in [-0.39, 0.29) is 17.3 Å². The van der Waals surface area contributed by atoms with Crippen LogP contribution in [0.3, 0.4) is 0 Å². The molecule has 6 nitrogen and oxygen atoms in total. The Morgan fingerprint density at radius 1 is 1.13 bits per heavy atom. The normalized spacial score (nSPS) is 17.1. The number of hydrogen-bond donors (Lipinski definition) is 0. The molecule has 0 aliphatic carbocycles. The van der Waals surface area contributed by atoms with Gasteiger partial charge in [-0.25, -0.2) is 0 Å². The Hall–Kier alpha value is -3.07. The van der Waals surface area contributed by atoms with Crippen molar-refractivity contribution < 1.29 is 27.2 Å². The average molecular weight is 433 g/mol. The van der Waals surface area contributed by atoms with E-state index in [2.05, 4.69) is 15.0 Å². The molecule has 2 heterocycles. The molecule has 1 saturated heterocycles. The zero-order valence-corrected chi connectivity index (χ0v) is 17.1. The molecule has 0 spiro atoms. The van der Waals surface area contributed by atoms with Gasteiger partial charge in [0.2, 0.25) is 11.7 Å². The number of para-hydroxylation sites is 1. The van der Waals surface area contributed by atoms with Crippen molar-refractivity contribution in [2.45, 2.75) is 25.1 Å². The molecule has 31 heavy (non-hydrogen) atoms. The number of ether oxygens (including phenoxy) is 2. The number of alkyl halides is 3. The number of benzene rings is 2. The molecule has 1 aliphatic heterocycles. The van der Waals surface area contributed by atoms with E-state index in [0.29, 0.717) is 30.5 Å². The predicted molar refractivity (Wildman–Crippen MR) is 107 cm³/mol. The molecule has 3 aromatic rings. The maximum atomic E-state index is 13.0. The van der Waals surface area contributed by atoms with E-state index in [1.807, 2.05) is 18.2 Å². The Morgan fingerprint density at radius 2 is 1.94 bits per heavy atom. The summed E-state index contributed by atoms with van der Waals surface area (Å²) in [5, 5.41) is 3.90. The van der Waals surface area contributed by atoms with Crippen LogP contribution >= 0.6 is 0 Å². The molecule has 0 N–H and O–H groups in total. The maximum absolute atomic E-state index is 13.0. The lowest BCUT2D eigenvalue weighted by Gasteiger charge is -2.18. The lowest BCUT2D eigenvalue weighted by molar-refractivity contribution is -0.137. The van der Waals surface area contributed by atoms with Gasteiger partial charge in [0.25, 0.3) is 0 Å². The molecular weight excluding hydrogens is 411 g/mol. The van der Waals surface area contributed by atoms with Gasteiger partial charge in [-0.3, -0.25) is 4.90 Å². The van der Waals surface area contributed by atoms with Crippen LogP contribution in [-0.2, 0) is 12.7 Å². The van der Waals surface area contributed by atoms with Crippen molar-refractivity contribution in [1.82, 2.24) is 15.0 Å². The van der Waals surface area contributed by atoms with Crippen LogP contribution in [0.2, 0.25) is 0 Å². The zero-order chi connectivity index (χ0) is 22.0. The van der Waals surface area contributed by atoms with E-state index in [0.717, 1.165) is 30.7 Å². The molecular formula is C22H22F3N3O3. The van der Waals surface area contributed by atoms with Crippen molar-refractivity contribution in [2.24, 2.45) is 0 Å². The van der Waals surface area contributed by atoms with Crippen LogP contribution in [0, 0.1) is 0 Å². The summed E-state index contributed by atoms with van der Waals surface area (Å²) in [5.41, 5.74) is 0.550. The molecule has 164 valence electrons. The van der Waals surface area contributed by atoms with Gasteiger partial charge in [-0.15, -0.1) is 0 Å². The first-order valence-electron chi connectivity index (χ1n) is 9.82. The van der Waals surface area contributed by atoms with Crippen LogP contribution in [-0.4, -0.2) is 42.3 Å². The van der Waals surface area contributed by atoms with Crippen LogP contribution in [0.1, 0.15) is 29.4 Å². The lowest BCUT2D eigenvalue weighted by atomic mass is 10.1. The fraction of sp³-hybridized carbons (Fsp3) is 0.364. The second kappa shape index (κ2) is 8.58. The monoisotopic (exact) mass is 433 g/mol. The van der Waals surface area contributed by atoms with Crippen LogP contribution in [0.15, 0.2) is 47.0 Å². The number of aromatic nitrogens is 2. The largest absolute Gasteiger partial charge is 0.493 e. The number of likely N-dealkylation sites (tertiary alicyclic amines) is 1. The van der Waals surface area contributed by atoms with Crippen molar-refractivity contribution >= 4 is 0 Å². The first-order valence-corrected chi connectivity index (χ1v) is 9.82. The molecule has 0 bridgehead atoms. The minimum absolute atomic E-state index is 0.0173. The summed E-state index contributed by atoms with van der Waals surface area (Å²) in [5.74, 6) is 2.00. The second-order valence-corrected chi connectivity index (χ2v) is 7.41. The van der Waals surface area contributed by atoms with Gasteiger partial charge in [0.05, 0.1) is 25.7 Å². The van der Waals surface area contributed by atoms with Crippen molar-refractivity contribution in [3.63, 3.8) is 0 Å². The minimum atomic E-state index is -4.42. The molecule has 0 radical (unpaired) electrons. The van der Waals surface area contributed by atoms with E-state index >= 15 is 0 Å². The molecule has 1 aromatic heterocycles. The highest BCUT2D eigenvalue weighted by Crippen LogP contribution is 2.35. The Balaban J connectivity index is 1.46. The topological polar surface area (TPSA) is 60.6 Å². The van der Waals surface area contributed by atoms with Crippen molar-refractivity contribution in [3.05, 3.63) is 59.5 Å². The highest BCUT2D eigenvalue weighted by molar-refractivity contribution is 5.55. The minimum Gasteiger partial charge on any atom is -0.493 e. The smallest absolute Gasteiger partial charge is 0.416 e. The highest BCUT2D eigenvalue weighted by atomic mass is 19.4. The average Bonchev–Trinajstić information content (AvgIpc) is 3.42. The Bertz CT molecular complexity index is 1050. The first kappa shape index (κ1) is 21.2. The fourth-order valence-electron chi connectivity index (χ4n) is 3.85. The van der Waals surface area contributed by atoms with Gasteiger partial charge < -0.3 is 14.0 Å². The number of hydrogen-bond acceptors (Lipinski definition) is 6. The van der Waals surface area contributed by atoms with E-state index in [4.69, 9.17) is 14.0 Å².